The number of hydrogen-bond donors (Lipinski definition) is 1. The van der Waals surface area contributed by atoms with Gasteiger partial charge in [-0.1, -0.05) is 26.0 Å². The van der Waals surface area contributed by atoms with Crippen LogP contribution in [0.4, 0.5) is 5.69 Å². The third-order valence-corrected chi connectivity index (χ3v) is 2.17. The summed E-state index contributed by atoms with van der Waals surface area (Å²) in [7, 11) is 1.94. The topological polar surface area (TPSA) is 12.0 Å². The molecular formula is C12H23NS2. The Balaban J connectivity index is 0. The zero-order valence-electron chi connectivity index (χ0n) is 10.6. The van der Waals surface area contributed by atoms with Gasteiger partial charge in [-0.15, -0.1) is 11.8 Å². The fourth-order valence-electron chi connectivity index (χ4n) is 0.851. The summed E-state index contributed by atoms with van der Waals surface area (Å²) in [6.07, 6.45) is 6.16. The number of nitrogens with one attached hydrogen (secondary N) is 1. The van der Waals surface area contributed by atoms with Gasteiger partial charge >= 0.3 is 0 Å². The number of benzene rings is 1. The van der Waals surface area contributed by atoms with Crippen LogP contribution in [0.2, 0.25) is 0 Å². The quantitative estimate of drug-likeness (QED) is 0.773. The third kappa shape index (κ3) is 8.70. The van der Waals surface area contributed by atoms with E-state index in [0.29, 0.717) is 0 Å². The highest BCUT2D eigenvalue weighted by atomic mass is 32.2. The maximum absolute atomic E-state index is 3.13. The molecule has 0 heterocycles. The van der Waals surface area contributed by atoms with Crippen molar-refractivity contribution in [1.29, 1.82) is 0 Å². The molecule has 0 fully saturated rings. The standard InChI is InChI=1S/C8H11NS.C2H6S.C2H6/c1-9-7-5-3-4-6-8(7)10-2;1-3-2;1-2/h3-6,9H,1-2H3;1-2H3;1-2H3. The molecule has 0 saturated carbocycles. The first-order valence-electron chi connectivity index (χ1n) is 5.01. The van der Waals surface area contributed by atoms with E-state index in [-0.39, 0.29) is 0 Å². The molecule has 15 heavy (non-hydrogen) atoms. The molecule has 3 heteroatoms. The maximum atomic E-state index is 3.13. The molecule has 0 unspecified atom stereocenters. The summed E-state index contributed by atoms with van der Waals surface area (Å²) >= 11 is 3.51. The van der Waals surface area contributed by atoms with Crippen molar-refractivity contribution < 1.29 is 0 Å². The lowest BCUT2D eigenvalue weighted by Crippen LogP contribution is -1.88. The average molecular weight is 245 g/mol. The Morgan fingerprint density at radius 3 is 1.80 bits per heavy atom. The van der Waals surface area contributed by atoms with Crippen molar-refractivity contribution in [2.45, 2.75) is 18.7 Å². The molecular weight excluding hydrogens is 222 g/mol. The van der Waals surface area contributed by atoms with E-state index in [0.717, 1.165) is 0 Å². The second kappa shape index (κ2) is 13.7. The molecule has 0 aromatic heterocycles. The molecule has 1 nitrogen and oxygen atoms in total. The van der Waals surface area contributed by atoms with Crippen LogP contribution in [0.25, 0.3) is 0 Å². The van der Waals surface area contributed by atoms with Gasteiger partial charge in [0.15, 0.2) is 0 Å². The zero-order chi connectivity index (χ0) is 12.1. The summed E-state index contributed by atoms with van der Waals surface area (Å²) in [5.74, 6) is 0. The van der Waals surface area contributed by atoms with E-state index >= 15 is 0 Å². The van der Waals surface area contributed by atoms with Crippen molar-refractivity contribution in [2.24, 2.45) is 0 Å². The second-order valence-electron chi connectivity index (χ2n) is 2.36. The Labute approximate surface area is 103 Å². The minimum absolute atomic E-state index is 1.20. The largest absolute Gasteiger partial charge is 0.387 e. The smallest absolute Gasteiger partial charge is 0.0475 e. The summed E-state index contributed by atoms with van der Waals surface area (Å²) in [6, 6.07) is 8.26. The van der Waals surface area contributed by atoms with Gasteiger partial charge in [-0.3, -0.25) is 0 Å². The molecule has 0 aliphatic carbocycles. The number of para-hydroxylation sites is 1. The molecule has 0 bridgehead atoms. The lowest BCUT2D eigenvalue weighted by atomic mass is 10.3. The molecule has 1 N–H and O–H groups in total. The van der Waals surface area contributed by atoms with Gasteiger partial charge in [0.25, 0.3) is 0 Å². The average Bonchev–Trinajstić information content (AvgIpc) is 2.32. The Morgan fingerprint density at radius 2 is 1.47 bits per heavy atom. The monoisotopic (exact) mass is 245 g/mol. The van der Waals surface area contributed by atoms with Crippen LogP contribution in [0.1, 0.15) is 13.8 Å². The van der Waals surface area contributed by atoms with E-state index in [1.807, 2.05) is 45.5 Å². The molecule has 0 aliphatic rings. The van der Waals surface area contributed by atoms with Crippen LogP contribution < -0.4 is 5.32 Å². The molecule has 0 aliphatic heterocycles. The molecule has 0 radical (unpaired) electrons. The molecule has 1 aromatic carbocycles. The van der Waals surface area contributed by atoms with Gasteiger partial charge in [0, 0.05) is 17.6 Å². The van der Waals surface area contributed by atoms with Crippen molar-refractivity contribution in [3.8, 4) is 0 Å². The number of hydrogen-bond acceptors (Lipinski definition) is 3. The van der Waals surface area contributed by atoms with E-state index in [1.165, 1.54) is 10.6 Å². The number of anilines is 1. The van der Waals surface area contributed by atoms with Gasteiger partial charge in [-0.05, 0) is 30.9 Å². The van der Waals surface area contributed by atoms with Crippen LogP contribution in [0.5, 0.6) is 0 Å². The van der Waals surface area contributed by atoms with Crippen LogP contribution in [0.3, 0.4) is 0 Å². The Kier molecular flexibility index (Phi) is 15.7. The highest BCUT2D eigenvalue weighted by Gasteiger charge is 1.94. The van der Waals surface area contributed by atoms with Crippen molar-refractivity contribution in [1.82, 2.24) is 0 Å². The van der Waals surface area contributed by atoms with Gasteiger partial charge < -0.3 is 5.32 Å². The van der Waals surface area contributed by atoms with Gasteiger partial charge in [-0.25, -0.2) is 0 Å². The van der Waals surface area contributed by atoms with Gasteiger partial charge in [0.05, 0.1) is 0 Å². The number of thioether (sulfide) groups is 2. The summed E-state index contributed by atoms with van der Waals surface area (Å²) in [5, 5.41) is 3.13. The first-order chi connectivity index (χ1) is 7.29. The lowest BCUT2D eigenvalue weighted by Gasteiger charge is -2.03. The van der Waals surface area contributed by atoms with Crippen molar-refractivity contribution in [2.75, 3.05) is 31.1 Å². The van der Waals surface area contributed by atoms with E-state index in [4.69, 9.17) is 0 Å². The van der Waals surface area contributed by atoms with Crippen molar-refractivity contribution >= 4 is 29.2 Å². The van der Waals surface area contributed by atoms with Gasteiger partial charge in [-0.2, -0.15) is 11.8 Å². The van der Waals surface area contributed by atoms with Crippen LogP contribution in [-0.4, -0.2) is 25.8 Å². The Morgan fingerprint density at radius 1 is 1.00 bits per heavy atom. The van der Waals surface area contributed by atoms with Gasteiger partial charge in [0.1, 0.15) is 0 Å². The van der Waals surface area contributed by atoms with E-state index in [9.17, 15) is 0 Å². The van der Waals surface area contributed by atoms with Crippen molar-refractivity contribution in [3.05, 3.63) is 24.3 Å². The van der Waals surface area contributed by atoms with E-state index in [2.05, 4.69) is 23.7 Å². The van der Waals surface area contributed by atoms with Crippen LogP contribution in [0.15, 0.2) is 29.2 Å². The SMILES string of the molecule is CC.CNc1ccccc1SC.CSC. The van der Waals surface area contributed by atoms with Crippen LogP contribution >= 0.6 is 23.5 Å². The van der Waals surface area contributed by atoms with Crippen molar-refractivity contribution in [3.63, 3.8) is 0 Å². The predicted octanol–water partition coefficient (Wildman–Crippen LogP) is 4.46. The third-order valence-electron chi connectivity index (χ3n) is 1.38. The van der Waals surface area contributed by atoms with Gasteiger partial charge in [0.2, 0.25) is 0 Å². The Hall–Kier alpha value is -0.280. The number of rotatable bonds is 2. The second-order valence-corrected chi connectivity index (χ2v) is 4.02. The fraction of sp³-hybridized carbons (Fsp3) is 0.500. The molecule has 0 saturated heterocycles. The summed E-state index contributed by atoms with van der Waals surface area (Å²) in [5.41, 5.74) is 1.20. The minimum Gasteiger partial charge on any atom is -0.387 e. The highest BCUT2D eigenvalue weighted by molar-refractivity contribution is 7.98. The highest BCUT2D eigenvalue weighted by Crippen LogP contribution is 2.23. The normalized spacial score (nSPS) is 7.87. The molecule has 1 aromatic rings. The molecule has 1 rings (SSSR count). The zero-order valence-corrected chi connectivity index (χ0v) is 12.3. The lowest BCUT2D eigenvalue weighted by molar-refractivity contribution is 1.39. The maximum Gasteiger partial charge on any atom is 0.0475 e. The fourth-order valence-corrected chi connectivity index (χ4v) is 1.46. The molecule has 0 amide bonds. The summed E-state index contributed by atoms with van der Waals surface area (Å²) in [6.45, 7) is 4.00. The van der Waals surface area contributed by atoms with Crippen LogP contribution in [-0.2, 0) is 0 Å². The molecule has 88 valence electrons. The molecule has 0 spiro atoms. The van der Waals surface area contributed by atoms with E-state index in [1.54, 1.807) is 23.5 Å². The van der Waals surface area contributed by atoms with Crippen LogP contribution in [0, 0.1) is 0 Å². The first-order valence-corrected chi connectivity index (χ1v) is 7.86. The minimum atomic E-state index is 1.20. The van der Waals surface area contributed by atoms with E-state index < -0.39 is 0 Å². The predicted molar refractivity (Wildman–Crippen MR) is 78.6 cm³/mol. The summed E-state index contributed by atoms with van der Waals surface area (Å²) < 4.78 is 0. The summed E-state index contributed by atoms with van der Waals surface area (Å²) in [4.78, 5) is 1.30. The first kappa shape index (κ1) is 17.1. The Bertz CT molecular complexity index is 204. The molecule has 0 atom stereocenters.